The van der Waals surface area contributed by atoms with Crippen LogP contribution in [0.3, 0.4) is 0 Å². The van der Waals surface area contributed by atoms with Crippen LogP contribution in [0.15, 0.2) is 72.9 Å². The molecule has 0 unspecified atom stereocenters. The van der Waals surface area contributed by atoms with Crippen LogP contribution < -0.4 is 14.8 Å². The van der Waals surface area contributed by atoms with Gasteiger partial charge in [-0.15, -0.1) is 0 Å². The molecule has 1 heterocycles. The molecule has 0 fully saturated rings. The van der Waals surface area contributed by atoms with E-state index in [9.17, 15) is 0 Å². The number of ether oxygens (including phenoxy) is 2. The predicted octanol–water partition coefficient (Wildman–Crippen LogP) is 4.71. The van der Waals surface area contributed by atoms with Crippen LogP contribution in [0, 0.1) is 0 Å². The van der Waals surface area contributed by atoms with Gasteiger partial charge in [0.05, 0.1) is 13.2 Å². The summed E-state index contributed by atoms with van der Waals surface area (Å²) in [6, 6.07) is 22.2. The van der Waals surface area contributed by atoms with Crippen molar-refractivity contribution in [1.82, 2.24) is 4.98 Å². The van der Waals surface area contributed by atoms with E-state index in [1.165, 1.54) is 5.56 Å². The maximum Gasteiger partial charge on any atom is 0.161 e. The monoisotopic (exact) mass is 348 g/mol. The Balaban J connectivity index is 1.60. The van der Waals surface area contributed by atoms with Gasteiger partial charge in [-0.25, -0.2) is 4.98 Å². The van der Waals surface area contributed by atoms with Crippen LogP contribution in [0.2, 0.25) is 0 Å². The van der Waals surface area contributed by atoms with E-state index in [1.807, 2.05) is 55.5 Å². The van der Waals surface area contributed by atoms with Gasteiger partial charge < -0.3 is 14.8 Å². The van der Waals surface area contributed by atoms with Gasteiger partial charge in [-0.05, 0) is 42.3 Å². The number of pyridine rings is 1. The van der Waals surface area contributed by atoms with E-state index in [4.69, 9.17) is 9.47 Å². The molecule has 0 saturated carbocycles. The van der Waals surface area contributed by atoms with Crippen molar-refractivity contribution < 1.29 is 9.47 Å². The summed E-state index contributed by atoms with van der Waals surface area (Å²) in [5, 5.41) is 3.31. The molecule has 0 aliphatic rings. The largest absolute Gasteiger partial charge is 0.490 e. The molecule has 0 aliphatic heterocycles. The lowest BCUT2D eigenvalue weighted by Crippen LogP contribution is -2.05. The second-order valence-electron chi connectivity index (χ2n) is 5.87. The van der Waals surface area contributed by atoms with Crippen molar-refractivity contribution in [3.63, 3.8) is 0 Å². The van der Waals surface area contributed by atoms with Gasteiger partial charge in [0.2, 0.25) is 0 Å². The Morgan fingerprint density at radius 3 is 2.46 bits per heavy atom. The van der Waals surface area contributed by atoms with Gasteiger partial charge in [0.15, 0.2) is 11.5 Å². The maximum atomic E-state index is 5.95. The molecule has 4 nitrogen and oxygen atoms in total. The zero-order chi connectivity index (χ0) is 18.0. The maximum absolute atomic E-state index is 5.95. The van der Waals surface area contributed by atoms with Crippen molar-refractivity contribution >= 4 is 5.82 Å². The van der Waals surface area contributed by atoms with Crippen molar-refractivity contribution in [3.8, 4) is 11.5 Å². The highest BCUT2D eigenvalue weighted by Gasteiger charge is 2.07. The molecule has 4 heteroatoms. The molecule has 134 valence electrons. The van der Waals surface area contributed by atoms with Crippen LogP contribution in [0.25, 0.3) is 0 Å². The molecule has 3 aromatic rings. The quantitative estimate of drug-likeness (QED) is 0.608. The first-order chi connectivity index (χ1) is 12.8. The SMILES string of the molecule is CCOc1cc(CNc2ccccn2)ccc1OCCc1ccccc1. The van der Waals surface area contributed by atoms with Gasteiger partial charge in [-0.3, -0.25) is 0 Å². The first-order valence-electron chi connectivity index (χ1n) is 8.92. The third-order valence-corrected chi connectivity index (χ3v) is 3.94. The summed E-state index contributed by atoms with van der Waals surface area (Å²) < 4.78 is 11.7. The zero-order valence-corrected chi connectivity index (χ0v) is 15.0. The van der Waals surface area contributed by atoms with Gasteiger partial charge in [-0.2, -0.15) is 0 Å². The van der Waals surface area contributed by atoms with E-state index in [-0.39, 0.29) is 0 Å². The molecule has 0 saturated heterocycles. The van der Waals surface area contributed by atoms with E-state index in [2.05, 4.69) is 28.5 Å². The Kier molecular flexibility index (Phi) is 6.48. The molecule has 26 heavy (non-hydrogen) atoms. The predicted molar refractivity (Wildman–Crippen MR) is 105 cm³/mol. The summed E-state index contributed by atoms with van der Waals surface area (Å²) in [6.07, 6.45) is 2.65. The number of hydrogen-bond donors (Lipinski definition) is 1. The first-order valence-corrected chi connectivity index (χ1v) is 8.92. The topological polar surface area (TPSA) is 43.4 Å². The lowest BCUT2D eigenvalue weighted by molar-refractivity contribution is 0.279. The van der Waals surface area contributed by atoms with Crippen LogP contribution in [0.5, 0.6) is 11.5 Å². The normalized spacial score (nSPS) is 10.3. The van der Waals surface area contributed by atoms with E-state index >= 15 is 0 Å². The molecule has 0 aliphatic carbocycles. The summed E-state index contributed by atoms with van der Waals surface area (Å²) in [5.41, 5.74) is 2.39. The highest BCUT2D eigenvalue weighted by molar-refractivity contribution is 5.44. The van der Waals surface area contributed by atoms with Crippen molar-refractivity contribution in [2.75, 3.05) is 18.5 Å². The Morgan fingerprint density at radius 1 is 0.846 bits per heavy atom. The lowest BCUT2D eigenvalue weighted by Gasteiger charge is -2.14. The number of rotatable bonds is 9. The van der Waals surface area contributed by atoms with Crippen LogP contribution in [-0.2, 0) is 13.0 Å². The second-order valence-corrected chi connectivity index (χ2v) is 5.87. The third kappa shape index (κ3) is 5.24. The van der Waals surface area contributed by atoms with Gasteiger partial charge in [0.25, 0.3) is 0 Å². The Labute approximate surface area is 154 Å². The van der Waals surface area contributed by atoms with Crippen LogP contribution in [0.1, 0.15) is 18.1 Å². The second kappa shape index (κ2) is 9.47. The molecular weight excluding hydrogens is 324 g/mol. The van der Waals surface area contributed by atoms with Gasteiger partial charge in [0.1, 0.15) is 5.82 Å². The molecule has 0 spiro atoms. The van der Waals surface area contributed by atoms with Crippen molar-refractivity contribution in [3.05, 3.63) is 84.1 Å². The average Bonchev–Trinajstić information content (AvgIpc) is 2.70. The van der Waals surface area contributed by atoms with Crippen LogP contribution >= 0.6 is 0 Å². The van der Waals surface area contributed by atoms with Gasteiger partial charge >= 0.3 is 0 Å². The summed E-state index contributed by atoms with van der Waals surface area (Å²) in [4.78, 5) is 4.27. The van der Waals surface area contributed by atoms with Crippen molar-refractivity contribution in [2.24, 2.45) is 0 Å². The molecule has 1 N–H and O–H groups in total. The summed E-state index contributed by atoms with van der Waals surface area (Å²) in [5.74, 6) is 2.42. The van der Waals surface area contributed by atoms with Crippen LogP contribution in [-0.4, -0.2) is 18.2 Å². The summed E-state index contributed by atoms with van der Waals surface area (Å²) in [7, 11) is 0. The number of hydrogen-bond acceptors (Lipinski definition) is 4. The van der Waals surface area contributed by atoms with Gasteiger partial charge in [0, 0.05) is 19.2 Å². The highest BCUT2D eigenvalue weighted by Crippen LogP contribution is 2.29. The Morgan fingerprint density at radius 2 is 1.69 bits per heavy atom. The van der Waals surface area contributed by atoms with E-state index < -0.39 is 0 Å². The molecule has 1 aromatic heterocycles. The number of benzene rings is 2. The highest BCUT2D eigenvalue weighted by atomic mass is 16.5. The Hall–Kier alpha value is -3.01. The molecule has 0 atom stereocenters. The van der Waals surface area contributed by atoms with Crippen molar-refractivity contribution in [2.45, 2.75) is 19.9 Å². The minimum Gasteiger partial charge on any atom is -0.490 e. The van der Waals surface area contributed by atoms with E-state index in [0.717, 1.165) is 29.3 Å². The number of aromatic nitrogens is 1. The summed E-state index contributed by atoms with van der Waals surface area (Å²) in [6.45, 7) is 3.88. The summed E-state index contributed by atoms with van der Waals surface area (Å²) >= 11 is 0. The average molecular weight is 348 g/mol. The van der Waals surface area contributed by atoms with Gasteiger partial charge in [-0.1, -0.05) is 42.5 Å². The molecule has 2 aromatic carbocycles. The zero-order valence-electron chi connectivity index (χ0n) is 15.0. The fourth-order valence-electron chi connectivity index (χ4n) is 2.63. The van der Waals surface area contributed by atoms with Crippen molar-refractivity contribution in [1.29, 1.82) is 0 Å². The molecule has 0 radical (unpaired) electrons. The molecule has 3 rings (SSSR count). The minimum absolute atomic E-state index is 0.603. The first kappa shape index (κ1) is 17.8. The van der Waals surface area contributed by atoms with E-state index in [0.29, 0.717) is 19.8 Å². The molecular formula is C22H24N2O2. The number of nitrogens with one attached hydrogen (secondary N) is 1. The molecule has 0 bridgehead atoms. The fraction of sp³-hybridized carbons (Fsp3) is 0.227. The third-order valence-electron chi connectivity index (χ3n) is 3.94. The number of anilines is 1. The van der Waals surface area contributed by atoms with Crippen LogP contribution in [0.4, 0.5) is 5.82 Å². The standard InChI is InChI=1S/C22H24N2O2/c1-2-25-21-16-19(17-24-22-10-6-7-14-23-22)11-12-20(21)26-15-13-18-8-4-3-5-9-18/h3-12,14,16H,2,13,15,17H2,1H3,(H,23,24). The van der Waals surface area contributed by atoms with E-state index in [1.54, 1.807) is 6.20 Å². The Bertz CT molecular complexity index is 792. The molecule has 0 amide bonds. The minimum atomic E-state index is 0.603. The number of nitrogens with zero attached hydrogens (tertiary/aromatic N) is 1. The fourth-order valence-corrected chi connectivity index (χ4v) is 2.63. The smallest absolute Gasteiger partial charge is 0.161 e. The lowest BCUT2D eigenvalue weighted by atomic mass is 10.1.